The number of β-amino-alcohol motifs (C(OH)–C–C–N with tert-alkyl or cyclic N) is 1. The van der Waals surface area contributed by atoms with Gasteiger partial charge in [0.1, 0.15) is 23.8 Å². The van der Waals surface area contributed by atoms with Crippen LogP contribution in [0.3, 0.4) is 0 Å². The van der Waals surface area contributed by atoms with E-state index in [2.05, 4.69) is 49.4 Å². The van der Waals surface area contributed by atoms with Crippen LogP contribution < -0.4 is 10.2 Å². The van der Waals surface area contributed by atoms with Gasteiger partial charge < -0.3 is 20.2 Å². The first-order valence-corrected chi connectivity index (χ1v) is 10.0. The maximum atomic E-state index is 10.1. The molecule has 0 bridgehead atoms. The van der Waals surface area contributed by atoms with Crippen LogP contribution in [-0.2, 0) is 6.42 Å². The number of fused-ring (bicyclic) bond motifs is 1. The monoisotopic (exact) mass is 396 g/mol. The summed E-state index contributed by atoms with van der Waals surface area (Å²) in [6.07, 6.45) is 5.77. The normalized spacial score (nSPS) is 19.4. The molecule has 1 saturated heterocycles. The Kier molecular flexibility index (Phi) is 5.86. The van der Waals surface area contributed by atoms with E-state index in [1.165, 1.54) is 0 Å². The quantitative estimate of drug-likeness (QED) is 0.546. The largest absolute Gasteiger partial charge is 0.391 e. The van der Waals surface area contributed by atoms with E-state index < -0.39 is 0 Å². The van der Waals surface area contributed by atoms with E-state index >= 15 is 0 Å². The fourth-order valence-corrected chi connectivity index (χ4v) is 3.89. The summed E-state index contributed by atoms with van der Waals surface area (Å²) < 4.78 is 2.02. The van der Waals surface area contributed by atoms with Crippen molar-refractivity contribution in [2.45, 2.75) is 31.4 Å². The molecule has 1 fully saturated rings. The van der Waals surface area contributed by atoms with Gasteiger partial charge in [0.2, 0.25) is 0 Å². The fourth-order valence-electron chi connectivity index (χ4n) is 3.89. The molecule has 29 heavy (non-hydrogen) atoms. The zero-order valence-electron chi connectivity index (χ0n) is 16.9. The molecule has 4 heterocycles. The van der Waals surface area contributed by atoms with Gasteiger partial charge in [-0.1, -0.05) is 6.07 Å². The highest BCUT2D eigenvalue weighted by Gasteiger charge is 2.32. The van der Waals surface area contributed by atoms with Crippen LogP contribution in [0, 0.1) is 0 Å². The standard InChI is InChI=1S/C20H28N8O/c1-26(2)12-15-10-16(29)13-28(15)20-11-17(22-14-23-20)21-8-5-7-19-25-24-18-6-3-4-9-27(18)19/h3-4,6,9,11,14-16,29H,5,7-8,10,12-13H2,1-2H3,(H,21,22,23)/t15-,16-/m1/s1. The van der Waals surface area contributed by atoms with Gasteiger partial charge in [-0.3, -0.25) is 4.40 Å². The van der Waals surface area contributed by atoms with Crippen molar-refractivity contribution in [2.75, 3.05) is 43.9 Å². The Morgan fingerprint density at radius 1 is 1.24 bits per heavy atom. The number of nitrogens with zero attached hydrogens (tertiary/aromatic N) is 7. The number of nitrogens with one attached hydrogen (secondary N) is 1. The molecule has 0 radical (unpaired) electrons. The van der Waals surface area contributed by atoms with Gasteiger partial charge in [-0.2, -0.15) is 0 Å². The van der Waals surface area contributed by atoms with Crippen LogP contribution in [0.4, 0.5) is 11.6 Å². The smallest absolute Gasteiger partial charge is 0.160 e. The van der Waals surface area contributed by atoms with E-state index in [-0.39, 0.29) is 12.1 Å². The molecule has 4 rings (SSSR count). The molecular weight excluding hydrogens is 368 g/mol. The number of anilines is 2. The molecule has 0 amide bonds. The molecule has 2 atom stereocenters. The van der Waals surface area contributed by atoms with E-state index in [1.54, 1.807) is 6.33 Å². The van der Waals surface area contributed by atoms with Crippen LogP contribution >= 0.6 is 0 Å². The summed E-state index contributed by atoms with van der Waals surface area (Å²) in [6.45, 7) is 2.27. The van der Waals surface area contributed by atoms with E-state index in [0.29, 0.717) is 6.54 Å². The molecule has 2 N–H and O–H groups in total. The second-order valence-electron chi connectivity index (χ2n) is 7.79. The summed E-state index contributed by atoms with van der Waals surface area (Å²) >= 11 is 0. The van der Waals surface area contributed by atoms with Crippen molar-refractivity contribution < 1.29 is 5.11 Å². The van der Waals surface area contributed by atoms with Crippen LogP contribution in [0.5, 0.6) is 0 Å². The number of pyridine rings is 1. The average molecular weight is 396 g/mol. The highest BCUT2D eigenvalue weighted by Crippen LogP contribution is 2.25. The number of hydrogen-bond donors (Lipinski definition) is 2. The third-order valence-corrected chi connectivity index (χ3v) is 5.18. The van der Waals surface area contributed by atoms with Crippen molar-refractivity contribution in [1.29, 1.82) is 0 Å². The highest BCUT2D eigenvalue weighted by molar-refractivity contribution is 5.50. The minimum atomic E-state index is -0.315. The van der Waals surface area contributed by atoms with Crippen LogP contribution in [0.1, 0.15) is 18.7 Å². The lowest BCUT2D eigenvalue weighted by atomic mass is 10.2. The van der Waals surface area contributed by atoms with Gasteiger partial charge in [0.15, 0.2) is 5.65 Å². The van der Waals surface area contributed by atoms with E-state index in [4.69, 9.17) is 0 Å². The highest BCUT2D eigenvalue weighted by atomic mass is 16.3. The van der Waals surface area contributed by atoms with Crippen molar-refractivity contribution in [3.8, 4) is 0 Å². The predicted molar refractivity (Wildman–Crippen MR) is 112 cm³/mol. The Labute approximate surface area is 170 Å². The first-order chi connectivity index (χ1) is 14.1. The molecule has 0 aliphatic carbocycles. The summed E-state index contributed by atoms with van der Waals surface area (Å²) in [4.78, 5) is 13.1. The third-order valence-electron chi connectivity index (χ3n) is 5.18. The van der Waals surface area contributed by atoms with E-state index in [9.17, 15) is 5.11 Å². The Morgan fingerprint density at radius 3 is 3.00 bits per heavy atom. The van der Waals surface area contributed by atoms with Gasteiger partial charge in [0, 0.05) is 44.4 Å². The summed E-state index contributed by atoms with van der Waals surface area (Å²) in [5, 5.41) is 22.0. The lowest BCUT2D eigenvalue weighted by Crippen LogP contribution is -2.38. The number of aromatic nitrogens is 5. The molecule has 1 aliphatic rings. The van der Waals surface area contributed by atoms with E-state index in [1.807, 2.05) is 34.9 Å². The van der Waals surface area contributed by atoms with Crippen LogP contribution in [-0.4, -0.2) is 80.4 Å². The molecule has 9 heteroatoms. The maximum Gasteiger partial charge on any atom is 0.160 e. The zero-order chi connectivity index (χ0) is 20.2. The third kappa shape index (κ3) is 4.63. The summed E-state index contributed by atoms with van der Waals surface area (Å²) in [5.41, 5.74) is 0.871. The number of likely N-dealkylation sites (N-methyl/N-ethyl adjacent to an activating group) is 1. The van der Waals surface area contributed by atoms with Crippen LogP contribution in [0.25, 0.3) is 5.65 Å². The zero-order valence-corrected chi connectivity index (χ0v) is 16.9. The van der Waals surface area contributed by atoms with Crippen molar-refractivity contribution in [2.24, 2.45) is 0 Å². The summed E-state index contributed by atoms with van der Waals surface area (Å²) in [7, 11) is 4.10. The molecule has 154 valence electrons. The number of hydrogen-bond acceptors (Lipinski definition) is 8. The Hall–Kier alpha value is -2.78. The predicted octanol–water partition coefficient (Wildman–Crippen LogP) is 1.07. The van der Waals surface area contributed by atoms with Crippen molar-refractivity contribution in [3.05, 3.63) is 42.6 Å². The number of aryl methyl sites for hydroxylation is 1. The van der Waals surface area contributed by atoms with Crippen molar-refractivity contribution in [3.63, 3.8) is 0 Å². The lowest BCUT2D eigenvalue weighted by molar-refractivity contribution is 0.191. The number of rotatable bonds is 8. The first-order valence-electron chi connectivity index (χ1n) is 10.0. The van der Waals surface area contributed by atoms with Gasteiger partial charge in [-0.25, -0.2) is 9.97 Å². The van der Waals surface area contributed by atoms with Gasteiger partial charge in [0.25, 0.3) is 0 Å². The minimum absolute atomic E-state index is 0.254. The molecule has 0 spiro atoms. The molecule has 1 aliphatic heterocycles. The fraction of sp³-hybridized carbons (Fsp3) is 0.500. The second-order valence-corrected chi connectivity index (χ2v) is 7.79. The molecule has 0 aromatic carbocycles. The minimum Gasteiger partial charge on any atom is -0.391 e. The molecule has 0 saturated carbocycles. The molecular formula is C20H28N8O. The molecule has 3 aromatic heterocycles. The van der Waals surface area contributed by atoms with Gasteiger partial charge in [-0.15, -0.1) is 10.2 Å². The Morgan fingerprint density at radius 2 is 2.14 bits per heavy atom. The topological polar surface area (TPSA) is 94.7 Å². The summed E-state index contributed by atoms with van der Waals surface area (Å²) in [5.74, 6) is 2.61. The molecule has 9 nitrogen and oxygen atoms in total. The Balaban J connectivity index is 1.34. The van der Waals surface area contributed by atoms with Gasteiger partial charge in [-0.05, 0) is 39.1 Å². The lowest BCUT2D eigenvalue weighted by Gasteiger charge is -2.27. The first kappa shape index (κ1) is 19.5. The Bertz CT molecular complexity index is 943. The van der Waals surface area contributed by atoms with Crippen LogP contribution in [0.2, 0.25) is 0 Å². The van der Waals surface area contributed by atoms with Crippen LogP contribution in [0.15, 0.2) is 36.8 Å². The average Bonchev–Trinajstić information content (AvgIpc) is 3.28. The second kappa shape index (κ2) is 8.71. The van der Waals surface area contributed by atoms with Crippen molar-refractivity contribution in [1.82, 2.24) is 29.5 Å². The number of aliphatic hydroxyl groups is 1. The maximum absolute atomic E-state index is 10.1. The summed E-state index contributed by atoms with van der Waals surface area (Å²) in [6, 6.07) is 8.12. The van der Waals surface area contributed by atoms with E-state index in [0.717, 1.165) is 55.5 Å². The number of aliphatic hydroxyl groups excluding tert-OH is 1. The molecule has 3 aromatic rings. The van der Waals surface area contributed by atoms with Crippen molar-refractivity contribution >= 4 is 17.3 Å². The molecule has 0 unspecified atom stereocenters. The SMILES string of the molecule is CN(C)C[C@H]1C[C@@H](O)CN1c1cc(NCCCc2nnc3ccccn23)ncn1. The van der Waals surface area contributed by atoms with Gasteiger partial charge in [0.05, 0.1) is 6.10 Å². The van der Waals surface area contributed by atoms with Gasteiger partial charge >= 0.3 is 0 Å².